The van der Waals surface area contributed by atoms with Crippen molar-refractivity contribution in [3.05, 3.63) is 35.4 Å². The second kappa shape index (κ2) is 7.52. The number of rotatable bonds is 4. The fourth-order valence-corrected chi connectivity index (χ4v) is 1.77. The highest BCUT2D eigenvalue weighted by Gasteiger charge is 2.15. The van der Waals surface area contributed by atoms with Crippen LogP contribution in [0.1, 0.15) is 36.2 Å². The maximum Gasteiger partial charge on any atom is 0.255 e. The van der Waals surface area contributed by atoms with E-state index in [2.05, 4.69) is 18.8 Å². The average Bonchev–Trinajstić information content (AvgIpc) is 2.42. The minimum Gasteiger partial charge on any atom is -0.339 e. The Balaban J connectivity index is 3.04. The van der Waals surface area contributed by atoms with E-state index in [1.165, 1.54) is 0 Å². The van der Waals surface area contributed by atoms with Crippen LogP contribution in [-0.2, 0) is 0 Å². The Morgan fingerprint density at radius 1 is 1.33 bits per heavy atom. The molecular weight excluding hydrogens is 224 g/mol. The highest BCUT2D eigenvalue weighted by atomic mass is 16.2. The molecule has 0 saturated heterocycles. The lowest BCUT2D eigenvalue weighted by Gasteiger charge is -2.20. The molecule has 0 aliphatic rings. The van der Waals surface area contributed by atoms with Crippen molar-refractivity contribution >= 4 is 5.91 Å². The third-order valence-corrected chi connectivity index (χ3v) is 2.65. The number of hydrogen-bond donors (Lipinski definition) is 1. The number of carbonyl (C=O) groups excluding carboxylic acids is 1. The van der Waals surface area contributed by atoms with E-state index in [1.807, 2.05) is 36.1 Å². The maximum absolute atomic E-state index is 12.4. The SMILES string of the molecule is CCCN(CC)C(=O)c1ccccc1C#CCN. The minimum atomic E-state index is 0.0428. The zero-order valence-corrected chi connectivity index (χ0v) is 11.1. The molecule has 2 N–H and O–H groups in total. The number of carbonyl (C=O) groups is 1. The van der Waals surface area contributed by atoms with Gasteiger partial charge >= 0.3 is 0 Å². The summed E-state index contributed by atoms with van der Waals surface area (Å²) < 4.78 is 0. The summed E-state index contributed by atoms with van der Waals surface area (Å²) in [6.45, 7) is 5.84. The first-order valence-electron chi connectivity index (χ1n) is 6.31. The molecule has 1 aromatic rings. The zero-order valence-electron chi connectivity index (χ0n) is 11.1. The summed E-state index contributed by atoms with van der Waals surface area (Å²) in [7, 11) is 0. The van der Waals surface area contributed by atoms with Crippen LogP contribution >= 0.6 is 0 Å². The molecule has 0 spiro atoms. The lowest BCUT2D eigenvalue weighted by molar-refractivity contribution is 0.0764. The van der Waals surface area contributed by atoms with Gasteiger partial charge in [-0.1, -0.05) is 30.9 Å². The van der Waals surface area contributed by atoms with Crippen LogP contribution in [0, 0.1) is 11.8 Å². The zero-order chi connectivity index (χ0) is 13.4. The van der Waals surface area contributed by atoms with E-state index in [1.54, 1.807) is 0 Å². The number of nitrogens with zero attached hydrogens (tertiary/aromatic N) is 1. The third-order valence-electron chi connectivity index (χ3n) is 2.65. The largest absolute Gasteiger partial charge is 0.339 e. The summed E-state index contributed by atoms with van der Waals surface area (Å²) in [5.41, 5.74) is 6.78. The Kier molecular flexibility index (Phi) is 5.96. The fraction of sp³-hybridized carbons (Fsp3) is 0.400. The Morgan fingerprint density at radius 3 is 2.67 bits per heavy atom. The van der Waals surface area contributed by atoms with Crippen molar-refractivity contribution in [1.29, 1.82) is 0 Å². The molecule has 0 heterocycles. The van der Waals surface area contributed by atoms with Gasteiger partial charge in [-0.25, -0.2) is 0 Å². The van der Waals surface area contributed by atoms with Crippen LogP contribution in [0.2, 0.25) is 0 Å². The molecule has 1 amide bonds. The summed E-state index contributed by atoms with van der Waals surface area (Å²) in [4.78, 5) is 14.2. The summed E-state index contributed by atoms with van der Waals surface area (Å²) in [5.74, 6) is 5.79. The van der Waals surface area contributed by atoms with E-state index in [0.29, 0.717) is 18.7 Å². The van der Waals surface area contributed by atoms with Crippen LogP contribution in [0.3, 0.4) is 0 Å². The van der Waals surface area contributed by atoms with Gasteiger partial charge in [0.05, 0.1) is 12.1 Å². The molecular formula is C15H20N2O. The molecule has 0 saturated carbocycles. The van der Waals surface area contributed by atoms with Crippen molar-refractivity contribution in [2.24, 2.45) is 5.73 Å². The van der Waals surface area contributed by atoms with Crippen LogP contribution in [-0.4, -0.2) is 30.4 Å². The molecule has 0 unspecified atom stereocenters. The lowest BCUT2D eigenvalue weighted by atomic mass is 10.1. The highest BCUT2D eigenvalue weighted by Crippen LogP contribution is 2.11. The molecule has 0 aliphatic carbocycles. The van der Waals surface area contributed by atoms with Crippen molar-refractivity contribution in [3.8, 4) is 11.8 Å². The lowest BCUT2D eigenvalue weighted by Crippen LogP contribution is -2.32. The predicted octanol–water partition coefficient (Wildman–Crippen LogP) is 1.87. The summed E-state index contributed by atoms with van der Waals surface area (Å²) >= 11 is 0. The van der Waals surface area contributed by atoms with Gasteiger partial charge in [0.25, 0.3) is 5.91 Å². The predicted molar refractivity (Wildman–Crippen MR) is 74.2 cm³/mol. The van der Waals surface area contributed by atoms with Crippen molar-refractivity contribution in [1.82, 2.24) is 4.90 Å². The Labute approximate surface area is 109 Å². The van der Waals surface area contributed by atoms with Gasteiger partial charge in [0.15, 0.2) is 0 Å². The molecule has 3 heteroatoms. The molecule has 0 radical (unpaired) electrons. The molecule has 0 atom stereocenters. The van der Waals surface area contributed by atoms with Gasteiger partial charge in [-0.15, -0.1) is 0 Å². The number of amides is 1. The van der Waals surface area contributed by atoms with E-state index in [0.717, 1.165) is 18.5 Å². The van der Waals surface area contributed by atoms with Gasteiger partial charge in [0.2, 0.25) is 0 Å². The molecule has 18 heavy (non-hydrogen) atoms. The molecule has 0 fully saturated rings. The van der Waals surface area contributed by atoms with Gasteiger partial charge in [0.1, 0.15) is 0 Å². The van der Waals surface area contributed by atoms with Crippen LogP contribution < -0.4 is 5.73 Å². The van der Waals surface area contributed by atoms with Crippen LogP contribution in [0.15, 0.2) is 24.3 Å². The van der Waals surface area contributed by atoms with Crippen LogP contribution in [0.25, 0.3) is 0 Å². The van der Waals surface area contributed by atoms with Crippen molar-refractivity contribution in [2.45, 2.75) is 20.3 Å². The standard InChI is InChI=1S/C15H20N2O/c1-3-12-17(4-2)15(18)14-10-6-5-8-13(14)9-7-11-16/h5-6,8,10H,3-4,11-12,16H2,1-2H3. The molecule has 0 aliphatic heterocycles. The van der Waals surface area contributed by atoms with Crippen molar-refractivity contribution in [2.75, 3.05) is 19.6 Å². The molecule has 3 nitrogen and oxygen atoms in total. The van der Waals surface area contributed by atoms with Gasteiger partial charge < -0.3 is 10.6 Å². The summed E-state index contributed by atoms with van der Waals surface area (Å²) in [6, 6.07) is 7.42. The first-order valence-corrected chi connectivity index (χ1v) is 6.31. The van der Waals surface area contributed by atoms with Crippen LogP contribution in [0.4, 0.5) is 0 Å². The number of hydrogen-bond acceptors (Lipinski definition) is 2. The van der Waals surface area contributed by atoms with Gasteiger partial charge in [-0.05, 0) is 25.5 Å². The number of benzene rings is 1. The van der Waals surface area contributed by atoms with E-state index in [9.17, 15) is 4.79 Å². The Hall–Kier alpha value is -1.79. The molecule has 1 rings (SSSR count). The topological polar surface area (TPSA) is 46.3 Å². The summed E-state index contributed by atoms with van der Waals surface area (Å²) in [5, 5.41) is 0. The second-order valence-electron chi connectivity index (χ2n) is 3.94. The normalized spacial score (nSPS) is 9.50. The van der Waals surface area contributed by atoms with Gasteiger partial charge in [-0.3, -0.25) is 4.79 Å². The fourth-order valence-electron chi connectivity index (χ4n) is 1.77. The van der Waals surface area contributed by atoms with Crippen molar-refractivity contribution < 1.29 is 4.79 Å². The molecule has 96 valence electrons. The van der Waals surface area contributed by atoms with Crippen LogP contribution in [0.5, 0.6) is 0 Å². The van der Waals surface area contributed by atoms with E-state index >= 15 is 0 Å². The van der Waals surface area contributed by atoms with E-state index in [-0.39, 0.29) is 5.91 Å². The summed E-state index contributed by atoms with van der Waals surface area (Å²) in [6.07, 6.45) is 0.955. The Bertz CT molecular complexity index is 457. The second-order valence-corrected chi connectivity index (χ2v) is 3.94. The molecule has 0 aromatic heterocycles. The first kappa shape index (κ1) is 14.3. The molecule has 0 bridgehead atoms. The maximum atomic E-state index is 12.4. The van der Waals surface area contributed by atoms with Gasteiger partial charge in [0, 0.05) is 18.7 Å². The monoisotopic (exact) mass is 244 g/mol. The Morgan fingerprint density at radius 2 is 2.06 bits per heavy atom. The minimum absolute atomic E-state index is 0.0428. The number of nitrogens with two attached hydrogens (primary N) is 1. The first-order chi connectivity index (χ1) is 8.74. The van der Waals surface area contributed by atoms with Crippen molar-refractivity contribution in [3.63, 3.8) is 0 Å². The highest BCUT2D eigenvalue weighted by molar-refractivity contribution is 5.96. The quantitative estimate of drug-likeness (QED) is 0.822. The average molecular weight is 244 g/mol. The smallest absolute Gasteiger partial charge is 0.255 e. The van der Waals surface area contributed by atoms with E-state index < -0.39 is 0 Å². The van der Waals surface area contributed by atoms with E-state index in [4.69, 9.17) is 5.73 Å². The third kappa shape index (κ3) is 3.61. The molecule has 1 aromatic carbocycles. The van der Waals surface area contributed by atoms with Gasteiger partial charge in [-0.2, -0.15) is 0 Å².